The number of carbonyl (C=O) groups excluding carboxylic acids is 1. The Morgan fingerprint density at radius 3 is 2.54 bits per heavy atom. The van der Waals surface area contributed by atoms with Gasteiger partial charge in [-0.25, -0.2) is 9.79 Å². The summed E-state index contributed by atoms with van der Waals surface area (Å²) in [4.78, 5) is 18.8. The number of carbonyl (C=O) groups is 1. The van der Waals surface area contributed by atoms with Crippen molar-refractivity contribution >= 4 is 17.7 Å². The first-order valence-corrected chi connectivity index (χ1v) is 9.25. The molecule has 1 aromatic rings. The molecule has 0 atom stereocenters. The first kappa shape index (κ1) is 20.1. The number of benzene rings is 1. The molecule has 0 saturated heterocycles. The summed E-state index contributed by atoms with van der Waals surface area (Å²) in [7, 11) is 0. The molecular weight excluding hydrogens is 328 g/mol. The average molecular weight is 361 g/mol. The number of ether oxygens (including phenoxy) is 1. The molecule has 144 valence electrons. The number of nitrogens with one attached hydrogen (secondary N) is 1. The van der Waals surface area contributed by atoms with E-state index < -0.39 is 5.60 Å². The Morgan fingerprint density at radius 2 is 2.04 bits per heavy atom. The van der Waals surface area contributed by atoms with E-state index in [0.717, 1.165) is 29.7 Å². The molecule has 1 aliphatic rings. The van der Waals surface area contributed by atoms with Crippen LogP contribution in [0.15, 0.2) is 23.2 Å². The molecule has 1 fully saturated rings. The zero-order chi connectivity index (χ0) is 19.5. The highest BCUT2D eigenvalue weighted by Gasteiger charge is 2.37. The van der Waals surface area contributed by atoms with E-state index in [4.69, 9.17) is 10.5 Å². The lowest BCUT2D eigenvalue weighted by atomic mass is 10.1. The maximum absolute atomic E-state index is 12.7. The van der Waals surface area contributed by atoms with Crippen molar-refractivity contribution in [3.63, 3.8) is 0 Å². The molecule has 6 nitrogen and oxygen atoms in total. The van der Waals surface area contributed by atoms with E-state index in [2.05, 4.69) is 16.4 Å². The van der Waals surface area contributed by atoms with E-state index >= 15 is 0 Å². The van der Waals surface area contributed by atoms with Crippen molar-refractivity contribution in [2.75, 3.05) is 4.90 Å². The summed E-state index contributed by atoms with van der Waals surface area (Å²) in [5.74, 6) is 0.440. The predicted octanol–water partition coefficient (Wildman–Crippen LogP) is 3.71. The number of hydrogen-bond acceptors (Lipinski definition) is 3. The monoisotopic (exact) mass is 360 g/mol. The Hall–Kier alpha value is -2.24. The Morgan fingerprint density at radius 1 is 1.38 bits per heavy atom. The van der Waals surface area contributed by atoms with Gasteiger partial charge in [0.2, 0.25) is 0 Å². The van der Waals surface area contributed by atoms with Crippen LogP contribution in [0.5, 0.6) is 0 Å². The van der Waals surface area contributed by atoms with Crippen LogP contribution >= 0.6 is 0 Å². The molecule has 0 unspecified atom stereocenters. The topological polar surface area (TPSA) is 80.0 Å². The Balaban J connectivity index is 2.15. The highest BCUT2D eigenvalue weighted by Crippen LogP contribution is 2.35. The number of guanidine groups is 1. The maximum atomic E-state index is 12.7. The Kier molecular flexibility index (Phi) is 6.16. The van der Waals surface area contributed by atoms with Gasteiger partial charge in [-0.2, -0.15) is 0 Å². The minimum absolute atomic E-state index is 0.235. The van der Waals surface area contributed by atoms with E-state index in [1.54, 1.807) is 4.90 Å². The van der Waals surface area contributed by atoms with Crippen LogP contribution in [0.1, 0.15) is 58.6 Å². The molecule has 1 saturated carbocycles. The summed E-state index contributed by atoms with van der Waals surface area (Å²) in [6, 6.07) is 6.52. The lowest BCUT2D eigenvalue weighted by Crippen LogP contribution is -2.38. The fraction of sp³-hybridized carbons (Fsp3) is 0.600. The third-order valence-electron chi connectivity index (χ3n) is 3.89. The Labute approximate surface area is 156 Å². The van der Waals surface area contributed by atoms with Crippen LogP contribution < -0.4 is 16.0 Å². The number of nitrogens with two attached hydrogens (primary N) is 1. The van der Waals surface area contributed by atoms with Crippen LogP contribution in [0.4, 0.5) is 10.5 Å². The summed E-state index contributed by atoms with van der Waals surface area (Å²) in [6.07, 6.45) is 1.75. The largest absolute Gasteiger partial charge is 0.443 e. The van der Waals surface area contributed by atoms with Gasteiger partial charge in [0.05, 0.1) is 12.2 Å². The van der Waals surface area contributed by atoms with E-state index in [0.29, 0.717) is 12.5 Å². The number of hydrogen-bond donors (Lipinski definition) is 2. The highest BCUT2D eigenvalue weighted by atomic mass is 16.6. The molecule has 1 amide bonds. The second-order valence-electron chi connectivity index (χ2n) is 8.20. The number of nitrogens with zero attached hydrogens (tertiary/aromatic N) is 2. The van der Waals surface area contributed by atoms with Crippen LogP contribution in [-0.4, -0.2) is 29.7 Å². The molecule has 0 aliphatic heterocycles. The first-order chi connectivity index (χ1) is 12.1. The standard InChI is InChI=1S/C20H32N4O2/c1-13(2)23-18(21)22-12-15-7-10-17(14(3)11-15)24(16-8-9-16)19(25)26-20(4,5)6/h7,10-11,13,16H,8-9,12H2,1-6H3,(H3,21,22,23). The minimum Gasteiger partial charge on any atom is -0.443 e. The molecular formula is C20H32N4O2. The molecule has 0 heterocycles. The number of anilines is 1. The van der Waals surface area contributed by atoms with Gasteiger partial charge < -0.3 is 15.8 Å². The fourth-order valence-corrected chi connectivity index (χ4v) is 2.69. The van der Waals surface area contributed by atoms with Crippen LogP contribution in [-0.2, 0) is 11.3 Å². The molecule has 6 heteroatoms. The first-order valence-electron chi connectivity index (χ1n) is 9.25. The average Bonchev–Trinajstić information content (AvgIpc) is 3.29. The van der Waals surface area contributed by atoms with Gasteiger partial charge in [-0.3, -0.25) is 4.90 Å². The molecule has 2 rings (SSSR count). The van der Waals surface area contributed by atoms with E-state index in [1.165, 1.54) is 0 Å². The number of amides is 1. The summed E-state index contributed by atoms with van der Waals surface area (Å²) in [6.45, 7) is 12.2. The molecule has 0 aromatic heterocycles. The fourth-order valence-electron chi connectivity index (χ4n) is 2.69. The van der Waals surface area contributed by atoms with Crippen molar-refractivity contribution in [3.05, 3.63) is 29.3 Å². The summed E-state index contributed by atoms with van der Waals surface area (Å²) in [5.41, 5.74) is 8.34. The quantitative estimate of drug-likeness (QED) is 0.620. The van der Waals surface area contributed by atoms with Gasteiger partial charge in [-0.05, 0) is 71.6 Å². The molecule has 0 spiro atoms. The molecule has 3 N–H and O–H groups in total. The van der Waals surface area contributed by atoms with Gasteiger partial charge >= 0.3 is 6.09 Å². The SMILES string of the molecule is Cc1cc(CN=C(N)NC(C)C)ccc1N(C(=O)OC(C)(C)C)C1CC1. The molecule has 1 aromatic carbocycles. The zero-order valence-corrected chi connectivity index (χ0v) is 16.8. The number of aryl methyl sites for hydroxylation is 1. The van der Waals surface area contributed by atoms with Gasteiger partial charge in [0.25, 0.3) is 0 Å². The predicted molar refractivity (Wildman–Crippen MR) is 107 cm³/mol. The number of rotatable bonds is 5. The van der Waals surface area contributed by atoms with Gasteiger partial charge in [-0.1, -0.05) is 12.1 Å². The van der Waals surface area contributed by atoms with Gasteiger partial charge in [0, 0.05) is 12.1 Å². The van der Waals surface area contributed by atoms with Crippen molar-refractivity contribution in [3.8, 4) is 0 Å². The van der Waals surface area contributed by atoms with Crippen LogP contribution in [0.3, 0.4) is 0 Å². The smallest absolute Gasteiger partial charge is 0.415 e. The van der Waals surface area contributed by atoms with E-state index in [-0.39, 0.29) is 18.2 Å². The van der Waals surface area contributed by atoms with Crippen molar-refractivity contribution in [1.29, 1.82) is 0 Å². The van der Waals surface area contributed by atoms with Crippen molar-refractivity contribution in [2.24, 2.45) is 10.7 Å². The molecule has 0 bridgehead atoms. The third-order valence-corrected chi connectivity index (χ3v) is 3.89. The minimum atomic E-state index is -0.506. The van der Waals surface area contributed by atoms with Gasteiger partial charge in [0.1, 0.15) is 5.60 Å². The summed E-state index contributed by atoms with van der Waals surface area (Å²) < 4.78 is 5.60. The van der Waals surface area contributed by atoms with Crippen molar-refractivity contribution in [1.82, 2.24) is 5.32 Å². The van der Waals surface area contributed by atoms with Gasteiger partial charge in [-0.15, -0.1) is 0 Å². The Bertz CT molecular complexity index is 673. The second-order valence-corrected chi connectivity index (χ2v) is 8.20. The maximum Gasteiger partial charge on any atom is 0.415 e. The lowest BCUT2D eigenvalue weighted by molar-refractivity contribution is 0.0577. The van der Waals surface area contributed by atoms with E-state index in [9.17, 15) is 4.79 Å². The van der Waals surface area contributed by atoms with Crippen LogP contribution in [0, 0.1) is 6.92 Å². The molecule has 1 aliphatic carbocycles. The zero-order valence-electron chi connectivity index (χ0n) is 16.8. The summed E-state index contributed by atoms with van der Waals surface area (Å²) >= 11 is 0. The van der Waals surface area contributed by atoms with Crippen LogP contribution in [0.25, 0.3) is 0 Å². The third kappa shape index (κ3) is 5.93. The highest BCUT2D eigenvalue weighted by molar-refractivity contribution is 5.90. The number of aliphatic imine (C=N–C) groups is 1. The van der Waals surface area contributed by atoms with Crippen LogP contribution in [0.2, 0.25) is 0 Å². The van der Waals surface area contributed by atoms with Crippen molar-refractivity contribution in [2.45, 2.75) is 78.6 Å². The van der Waals surface area contributed by atoms with E-state index in [1.807, 2.05) is 53.7 Å². The normalized spacial score (nSPS) is 15.1. The van der Waals surface area contributed by atoms with Crippen molar-refractivity contribution < 1.29 is 9.53 Å². The molecule has 26 heavy (non-hydrogen) atoms. The molecule has 0 radical (unpaired) electrons. The summed E-state index contributed by atoms with van der Waals surface area (Å²) in [5, 5.41) is 3.08. The van der Waals surface area contributed by atoms with Gasteiger partial charge in [0.15, 0.2) is 5.96 Å². The second kappa shape index (κ2) is 7.98. The lowest BCUT2D eigenvalue weighted by Gasteiger charge is -2.28.